The first-order chi connectivity index (χ1) is 10.5. The van der Waals surface area contributed by atoms with Crippen LogP contribution >= 0.6 is 27.3 Å². The van der Waals surface area contributed by atoms with Gasteiger partial charge in [-0.3, -0.25) is 4.79 Å². The van der Waals surface area contributed by atoms with Crippen LogP contribution in [0.15, 0.2) is 44.7 Å². The van der Waals surface area contributed by atoms with Crippen molar-refractivity contribution in [1.29, 1.82) is 0 Å². The Hall–Kier alpha value is -1.92. The number of carbonyl (C=O) groups is 1. The molecule has 3 rings (SSSR count). The van der Waals surface area contributed by atoms with Gasteiger partial charge >= 0.3 is 0 Å². The number of nitrogens with one attached hydrogen (secondary N) is 1. The molecule has 0 bridgehead atoms. The zero-order chi connectivity index (χ0) is 15.7. The summed E-state index contributed by atoms with van der Waals surface area (Å²) in [5, 5.41) is 6.91. The molecule has 3 aromatic rings. The zero-order valence-corrected chi connectivity index (χ0v) is 14.4. The van der Waals surface area contributed by atoms with Gasteiger partial charge in [0, 0.05) is 5.69 Å². The normalized spacial score (nSPS) is 10.7. The van der Waals surface area contributed by atoms with Crippen LogP contribution in [-0.4, -0.2) is 11.1 Å². The molecule has 112 valence electrons. The minimum Gasteiger partial charge on any atom is -0.360 e. The highest BCUT2D eigenvalue weighted by molar-refractivity contribution is 9.11. The molecule has 0 saturated heterocycles. The van der Waals surface area contributed by atoms with Gasteiger partial charge in [0.25, 0.3) is 5.91 Å². The Morgan fingerprint density at radius 3 is 2.55 bits per heavy atom. The molecule has 1 N–H and O–H groups in total. The first-order valence-electron chi connectivity index (χ1n) is 6.64. The molecular weight excluding hydrogens is 364 g/mol. The summed E-state index contributed by atoms with van der Waals surface area (Å²) >= 11 is 4.93. The Balaban J connectivity index is 1.92. The molecule has 0 saturated carbocycles. The number of hydrogen-bond acceptors (Lipinski definition) is 4. The van der Waals surface area contributed by atoms with Crippen molar-refractivity contribution in [2.24, 2.45) is 0 Å². The molecule has 0 aliphatic heterocycles. The molecule has 6 heteroatoms. The molecule has 22 heavy (non-hydrogen) atoms. The Morgan fingerprint density at radius 1 is 1.18 bits per heavy atom. The Bertz CT molecular complexity index is 821. The maximum Gasteiger partial charge on any atom is 0.261 e. The number of halogens is 1. The molecule has 0 unspecified atom stereocenters. The van der Waals surface area contributed by atoms with Crippen LogP contribution in [0.25, 0.3) is 10.6 Å². The predicted molar refractivity (Wildman–Crippen MR) is 91.4 cm³/mol. The maximum absolute atomic E-state index is 12.6. The van der Waals surface area contributed by atoms with Crippen LogP contribution in [0.1, 0.15) is 21.7 Å². The second kappa shape index (κ2) is 6.06. The van der Waals surface area contributed by atoms with E-state index in [-0.39, 0.29) is 5.91 Å². The summed E-state index contributed by atoms with van der Waals surface area (Å²) in [4.78, 5) is 13.5. The number of benzene rings is 1. The zero-order valence-electron chi connectivity index (χ0n) is 12.0. The smallest absolute Gasteiger partial charge is 0.261 e. The minimum absolute atomic E-state index is 0.220. The number of anilines is 1. The average Bonchev–Trinajstić information content (AvgIpc) is 3.07. The van der Waals surface area contributed by atoms with Crippen LogP contribution < -0.4 is 5.32 Å². The van der Waals surface area contributed by atoms with Crippen molar-refractivity contribution in [3.8, 4) is 10.6 Å². The number of thiophene rings is 1. The van der Waals surface area contributed by atoms with Gasteiger partial charge in [0.2, 0.25) is 0 Å². The highest BCUT2D eigenvalue weighted by atomic mass is 79.9. The summed E-state index contributed by atoms with van der Waals surface area (Å²) in [6.45, 7) is 3.74. The SMILES string of the molecule is Cc1ccc(NC(=O)c2c(-c3ccc(Br)s3)noc2C)cc1. The minimum atomic E-state index is -0.220. The van der Waals surface area contributed by atoms with Crippen LogP contribution in [0.3, 0.4) is 0 Å². The van der Waals surface area contributed by atoms with Crippen molar-refractivity contribution >= 4 is 38.9 Å². The average molecular weight is 377 g/mol. The first kappa shape index (κ1) is 15.0. The number of carbonyl (C=O) groups excluding carboxylic acids is 1. The topological polar surface area (TPSA) is 55.1 Å². The van der Waals surface area contributed by atoms with Crippen LogP contribution in [0, 0.1) is 13.8 Å². The molecule has 0 spiro atoms. The highest BCUT2D eigenvalue weighted by Crippen LogP contribution is 2.34. The summed E-state index contributed by atoms with van der Waals surface area (Å²) in [7, 11) is 0. The molecule has 0 atom stereocenters. The van der Waals surface area contributed by atoms with Crippen LogP contribution in [-0.2, 0) is 0 Å². The van der Waals surface area contributed by atoms with Gasteiger partial charge in [-0.1, -0.05) is 22.9 Å². The van der Waals surface area contributed by atoms with Crippen molar-refractivity contribution in [1.82, 2.24) is 5.16 Å². The van der Waals surface area contributed by atoms with Gasteiger partial charge in [-0.15, -0.1) is 11.3 Å². The lowest BCUT2D eigenvalue weighted by molar-refractivity contribution is 0.102. The van der Waals surface area contributed by atoms with Gasteiger partial charge < -0.3 is 9.84 Å². The number of hydrogen-bond donors (Lipinski definition) is 1. The molecule has 2 aromatic heterocycles. The molecule has 1 aromatic carbocycles. The molecular formula is C16H13BrN2O2S. The molecule has 4 nitrogen and oxygen atoms in total. The van der Waals surface area contributed by atoms with E-state index in [1.165, 1.54) is 11.3 Å². The van der Waals surface area contributed by atoms with Crippen LogP contribution in [0.2, 0.25) is 0 Å². The van der Waals surface area contributed by atoms with E-state index in [0.29, 0.717) is 17.0 Å². The summed E-state index contributed by atoms with van der Waals surface area (Å²) in [6.07, 6.45) is 0. The quantitative estimate of drug-likeness (QED) is 0.696. The maximum atomic E-state index is 12.6. The van der Waals surface area contributed by atoms with E-state index < -0.39 is 0 Å². The third kappa shape index (κ3) is 2.98. The van der Waals surface area contributed by atoms with Gasteiger partial charge in [-0.2, -0.15) is 0 Å². The van der Waals surface area contributed by atoms with Crippen molar-refractivity contribution in [3.05, 3.63) is 57.1 Å². The monoisotopic (exact) mass is 376 g/mol. The number of amides is 1. The van der Waals surface area contributed by atoms with Gasteiger partial charge in [0.1, 0.15) is 17.0 Å². The summed E-state index contributed by atoms with van der Waals surface area (Å²) in [5.74, 6) is 0.284. The fraction of sp³-hybridized carbons (Fsp3) is 0.125. The third-order valence-electron chi connectivity index (χ3n) is 3.21. The van der Waals surface area contributed by atoms with Crippen molar-refractivity contribution in [3.63, 3.8) is 0 Å². The molecule has 0 aliphatic carbocycles. The predicted octanol–water partition coefficient (Wildman–Crippen LogP) is 5.03. The highest BCUT2D eigenvalue weighted by Gasteiger charge is 2.22. The van der Waals surface area contributed by atoms with Crippen LogP contribution in [0.4, 0.5) is 5.69 Å². The van der Waals surface area contributed by atoms with E-state index >= 15 is 0 Å². The fourth-order valence-electron chi connectivity index (χ4n) is 2.08. The van der Waals surface area contributed by atoms with Crippen molar-refractivity contribution < 1.29 is 9.32 Å². The van der Waals surface area contributed by atoms with Gasteiger partial charge in [0.05, 0.1) is 8.66 Å². The molecule has 2 heterocycles. The standard InChI is InChI=1S/C16H13BrN2O2S/c1-9-3-5-11(6-4-9)18-16(20)14-10(2)21-19-15(14)12-7-8-13(17)22-12/h3-8H,1-2H3,(H,18,20). The number of nitrogens with zero attached hydrogens (tertiary/aromatic N) is 1. The lowest BCUT2D eigenvalue weighted by Gasteiger charge is -2.05. The molecule has 0 fully saturated rings. The van der Waals surface area contributed by atoms with Crippen LogP contribution in [0.5, 0.6) is 0 Å². The third-order valence-corrected chi connectivity index (χ3v) is 4.84. The van der Waals surface area contributed by atoms with E-state index in [1.54, 1.807) is 6.92 Å². The van der Waals surface area contributed by atoms with E-state index in [4.69, 9.17) is 4.52 Å². The summed E-state index contributed by atoms with van der Waals surface area (Å²) in [6, 6.07) is 11.5. The van der Waals surface area contributed by atoms with Gasteiger partial charge in [0.15, 0.2) is 0 Å². The van der Waals surface area contributed by atoms with E-state index in [1.807, 2.05) is 43.3 Å². The second-order valence-electron chi connectivity index (χ2n) is 4.89. The van der Waals surface area contributed by atoms with E-state index in [9.17, 15) is 4.79 Å². The van der Waals surface area contributed by atoms with Gasteiger partial charge in [-0.25, -0.2) is 0 Å². The van der Waals surface area contributed by atoms with E-state index in [0.717, 1.165) is 19.9 Å². The Labute approximate surface area is 140 Å². The summed E-state index contributed by atoms with van der Waals surface area (Å²) < 4.78 is 6.20. The largest absolute Gasteiger partial charge is 0.360 e. The summed E-state index contributed by atoms with van der Waals surface area (Å²) in [5.41, 5.74) is 2.92. The second-order valence-corrected chi connectivity index (χ2v) is 7.35. The number of aryl methyl sites for hydroxylation is 2. The molecule has 0 radical (unpaired) electrons. The Kier molecular flexibility index (Phi) is 4.13. The van der Waals surface area contributed by atoms with Gasteiger partial charge in [-0.05, 0) is 54.0 Å². The fourth-order valence-corrected chi connectivity index (χ4v) is 3.45. The molecule has 1 amide bonds. The van der Waals surface area contributed by atoms with Crippen molar-refractivity contribution in [2.45, 2.75) is 13.8 Å². The van der Waals surface area contributed by atoms with Crippen molar-refractivity contribution in [2.75, 3.05) is 5.32 Å². The molecule has 0 aliphatic rings. The number of aromatic nitrogens is 1. The lowest BCUT2D eigenvalue weighted by Crippen LogP contribution is -2.13. The lowest BCUT2D eigenvalue weighted by atomic mass is 10.1. The van der Waals surface area contributed by atoms with E-state index in [2.05, 4.69) is 26.4 Å². The first-order valence-corrected chi connectivity index (χ1v) is 8.25. The number of rotatable bonds is 3. The Morgan fingerprint density at radius 2 is 1.91 bits per heavy atom.